The van der Waals surface area contributed by atoms with Gasteiger partial charge in [-0.2, -0.15) is 0 Å². The number of hydrogen-bond donors (Lipinski definition) is 0. The minimum Gasteiger partial charge on any atom is -0.138 e. The van der Waals surface area contributed by atoms with Crippen molar-refractivity contribution in [2.75, 3.05) is 6.16 Å². The van der Waals surface area contributed by atoms with Crippen molar-refractivity contribution in [3.05, 3.63) is 0 Å². The van der Waals surface area contributed by atoms with Crippen molar-refractivity contribution in [3.63, 3.8) is 0 Å². The average molecular weight is 146 g/mol. The molecule has 1 heteroatoms. The molecule has 0 aliphatic rings. The van der Waals surface area contributed by atoms with Gasteiger partial charge in [0, 0.05) is 0 Å². The van der Waals surface area contributed by atoms with Gasteiger partial charge in [-0.3, -0.25) is 0 Å². The van der Waals surface area contributed by atoms with E-state index >= 15 is 0 Å². The molecule has 0 rings (SSSR count). The van der Waals surface area contributed by atoms with Crippen LogP contribution in [0.25, 0.3) is 0 Å². The molecule has 1 unspecified atom stereocenters. The van der Waals surface area contributed by atoms with E-state index in [1.807, 2.05) is 0 Å². The molecule has 0 heterocycles. The van der Waals surface area contributed by atoms with Crippen LogP contribution in [0, 0.1) is 5.41 Å². The van der Waals surface area contributed by atoms with Crippen LogP contribution in [0.3, 0.4) is 0 Å². The lowest BCUT2D eigenvalue weighted by molar-refractivity contribution is 0.321. The van der Waals surface area contributed by atoms with Crippen LogP contribution in [0.4, 0.5) is 0 Å². The summed E-state index contributed by atoms with van der Waals surface area (Å²) in [5.41, 5.74) is 0.580. The Balaban J connectivity index is 3.43. The Morgan fingerprint density at radius 3 is 2.11 bits per heavy atom. The van der Waals surface area contributed by atoms with Gasteiger partial charge in [0.15, 0.2) is 0 Å². The quantitative estimate of drug-likeness (QED) is 0.535. The summed E-state index contributed by atoms with van der Waals surface area (Å²) in [5, 5.41) is 0. The van der Waals surface area contributed by atoms with Crippen LogP contribution in [0.1, 0.15) is 40.0 Å². The molecule has 0 radical (unpaired) electrons. The smallest absolute Gasteiger partial charge is 0.0351 e. The molecule has 0 fully saturated rings. The molecule has 0 amide bonds. The van der Waals surface area contributed by atoms with Crippen LogP contribution in [-0.4, -0.2) is 6.16 Å². The van der Waals surface area contributed by atoms with Crippen LogP contribution < -0.4 is 0 Å². The lowest BCUT2D eigenvalue weighted by Gasteiger charge is -2.22. The normalized spacial score (nSPS) is 12.0. The molecular formula is C8H19P. The Morgan fingerprint density at radius 2 is 1.78 bits per heavy atom. The Hall–Kier alpha value is 0.430. The van der Waals surface area contributed by atoms with Crippen LogP contribution in [0.2, 0.25) is 0 Å². The van der Waals surface area contributed by atoms with Gasteiger partial charge in [-0.25, -0.2) is 0 Å². The zero-order valence-electron chi connectivity index (χ0n) is 6.91. The largest absolute Gasteiger partial charge is 0.138 e. The minimum atomic E-state index is 0.580. The Bertz CT molecular complexity index is 59.0. The fourth-order valence-electron chi connectivity index (χ4n) is 1.19. The van der Waals surface area contributed by atoms with Crippen molar-refractivity contribution in [2.24, 2.45) is 5.41 Å². The summed E-state index contributed by atoms with van der Waals surface area (Å²) in [7, 11) is 2.79. The van der Waals surface area contributed by atoms with Gasteiger partial charge in [-0.05, 0) is 24.4 Å². The van der Waals surface area contributed by atoms with E-state index < -0.39 is 0 Å². The van der Waals surface area contributed by atoms with Crippen molar-refractivity contribution in [1.29, 1.82) is 0 Å². The number of hydrogen-bond acceptors (Lipinski definition) is 0. The molecule has 0 aromatic rings. The SMILES string of the molecule is CCCC(C)(C)CCP. The maximum absolute atomic E-state index is 2.79. The molecule has 0 aliphatic heterocycles. The molecule has 0 nitrogen and oxygen atoms in total. The second-order valence-electron chi connectivity index (χ2n) is 3.45. The lowest BCUT2D eigenvalue weighted by atomic mass is 9.85. The highest BCUT2D eigenvalue weighted by Gasteiger charge is 2.13. The first-order valence-corrected chi connectivity index (χ1v) is 4.64. The van der Waals surface area contributed by atoms with Gasteiger partial charge in [-0.15, -0.1) is 9.24 Å². The van der Waals surface area contributed by atoms with Gasteiger partial charge >= 0.3 is 0 Å². The van der Waals surface area contributed by atoms with E-state index in [-0.39, 0.29) is 0 Å². The molecule has 0 aromatic carbocycles. The summed E-state index contributed by atoms with van der Waals surface area (Å²) < 4.78 is 0. The van der Waals surface area contributed by atoms with E-state index in [2.05, 4.69) is 30.0 Å². The third-order valence-corrected chi connectivity index (χ3v) is 2.04. The van der Waals surface area contributed by atoms with Gasteiger partial charge in [0.05, 0.1) is 0 Å². The zero-order valence-corrected chi connectivity index (χ0v) is 8.06. The van der Waals surface area contributed by atoms with E-state index in [0.717, 1.165) is 0 Å². The third kappa shape index (κ3) is 4.90. The standard InChI is InChI=1S/C8H19P/c1-4-5-8(2,3)6-7-9/h4-7,9H2,1-3H3. The average Bonchev–Trinajstić information content (AvgIpc) is 1.64. The van der Waals surface area contributed by atoms with Crippen molar-refractivity contribution < 1.29 is 0 Å². The fourth-order valence-corrected chi connectivity index (χ4v) is 1.97. The molecule has 0 aliphatic carbocycles. The fraction of sp³-hybridized carbons (Fsp3) is 1.00. The van der Waals surface area contributed by atoms with Crippen LogP contribution >= 0.6 is 9.24 Å². The summed E-state index contributed by atoms with van der Waals surface area (Å²) in [4.78, 5) is 0. The number of rotatable bonds is 4. The van der Waals surface area contributed by atoms with Crippen molar-refractivity contribution in [1.82, 2.24) is 0 Å². The highest BCUT2D eigenvalue weighted by molar-refractivity contribution is 7.16. The predicted octanol–water partition coefficient (Wildman–Crippen LogP) is 3.08. The maximum atomic E-state index is 2.79. The molecule has 0 N–H and O–H groups in total. The first-order valence-electron chi connectivity index (χ1n) is 3.82. The molecule has 0 saturated carbocycles. The summed E-state index contributed by atoms with van der Waals surface area (Å²) >= 11 is 0. The summed E-state index contributed by atoms with van der Waals surface area (Å²) in [5.74, 6) is 0. The van der Waals surface area contributed by atoms with E-state index in [9.17, 15) is 0 Å². The van der Waals surface area contributed by atoms with E-state index in [1.165, 1.54) is 25.4 Å². The van der Waals surface area contributed by atoms with Crippen LogP contribution in [-0.2, 0) is 0 Å². The Labute approximate surface area is 61.6 Å². The van der Waals surface area contributed by atoms with Crippen LogP contribution in [0.5, 0.6) is 0 Å². The summed E-state index contributed by atoms with van der Waals surface area (Å²) in [6.07, 6.45) is 5.26. The molecule has 0 saturated heterocycles. The van der Waals surface area contributed by atoms with E-state index in [4.69, 9.17) is 0 Å². The van der Waals surface area contributed by atoms with Gasteiger partial charge in [0.1, 0.15) is 0 Å². The second-order valence-corrected chi connectivity index (χ2v) is 4.03. The molecule has 56 valence electrons. The minimum absolute atomic E-state index is 0.580. The maximum Gasteiger partial charge on any atom is -0.0351 e. The van der Waals surface area contributed by atoms with Crippen molar-refractivity contribution in [2.45, 2.75) is 40.0 Å². The van der Waals surface area contributed by atoms with Gasteiger partial charge in [-0.1, -0.05) is 27.2 Å². The zero-order chi connectivity index (χ0) is 7.33. The monoisotopic (exact) mass is 146 g/mol. The molecule has 9 heavy (non-hydrogen) atoms. The lowest BCUT2D eigenvalue weighted by Crippen LogP contribution is -2.10. The van der Waals surface area contributed by atoms with Crippen LogP contribution in [0.15, 0.2) is 0 Å². The topological polar surface area (TPSA) is 0 Å². The summed E-state index contributed by atoms with van der Waals surface area (Å²) in [6.45, 7) is 6.95. The summed E-state index contributed by atoms with van der Waals surface area (Å²) in [6, 6.07) is 0. The first kappa shape index (κ1) is 9.43. The molecular weight excluding hydrogens is 127 g/mol. The van der Waals surface area contributed by atoms with E-state index in [0.29, 0.717) is 5.41 Å². The Morgan fingerprint density at radius 1 is 1.22 bits per heavy atom. The third-order valence-electron chi connectivity index (χ3n) is 1.75. The highest BCUT2D eigenvalue weighted by Crippen LogP contribution is 2.26. The van der Waals surface area contributed by atoms with E-state index in [1.54, 1.807) is 0 Å². The second kappa shape index (κ2) is 4.28. The van der Waals surface area contributed by atoms with Gasteiger partial charge in [0.2, 0.25) is 0 Å². The predicted molar refractivity (Wildman–Crippen MR) is 47.9 cm³/mol. The van der Waals surface area contributed by atoms with Gasteiger partial charge < -0.3 is 0 Å². The molecule has 0 spiro atoms. The van der Waals surface area contributed by atoms with Crippen molar-refractivity contribution in [3.8, 4) is 0 Å². The molecule has 1 atom stereocenters. The van der Waals surface area contributed by atoms with Crippen molar-refractivity contribution >= 4 is 9.24 Å². The molecule has 0 bridgehead atoms. The first-order chi connectivity index (χ1) is 4.12. The van der Waals surface area contributed by atoms with Gasteiger partial charge in [0.25, 0.3) is 0 Å². The molecule has 0 aromatic heterocycles. The highest BCUT2D eigenvalue weighted by atomic mass is 31.0. The Kier molecular flexibility index (Phi) is 4.48.